The molecule has 4 heterocycles. The van der Waals surface area contributed by atoms with E-state index in [4.69, 9.17) is 24.0 Å². The van der Waals surface area contributed by atoms with Crippen LogP contribution in [0.25, 0.3) is 0 Å². The van der Waals surface area contributed by atoms with Crippen LogP contribution in [-0.4, -0.2) is 29.1 Å². The number of ether oxygens (including phenoxy) is 4. The smallest absolute Gasteiger partial charge is 0.231 e. The number of hydrogen-bond acceptors (Lipinski definition) is 7. The molecule has 7 heteroatoms. The normalized spacial score (nSPS) is 20.5. The minimum Gasteiger partial charge on any atom is -0.490 e. The predicted octanol–water partition coefficient (Wildman–Crippen LogP) is 4.45. The van der Waals surface area contributed by atoms with Crippen LogP contribution < -0.4 is 18.9 Å². The summed E-state index contributed by atoms with van der Waals surface area (Å²) in [5, 5.41) is 7.03. The van der Waals surface area contributed by atoms with Crippen LogP contribution in [-0.2, 0) is 0 Å². The molecule has 156 valence electrons. The molecule has 2 atom stereocenters. The Kier molecular flexibility index (Phi) is 4.19. The van der Waals surface area contributed by atoms with E-state index < -0.39 is 0 Å². The fraction of sp³-hybridized carbons (Fsp3) is 0.250. The Hall–Kier alpha value is -3.74. The molecule has 3 aliphatic heterocycles. The average Bonchev–Trinajstić information content (AvgIpc) is 3.46. The van der Waals surface area contributed by atoms with Crippen molar-refractivity contribution in [3.63, 3.8) is 0 Å². The van der Waals surface area contributed by atoms with Crippen LogP contribution in [0.2, 0.25) is 0 Å². The Morgan fingerprint density at radius 2 is 2.03 bits per heavy atom. The van der Waals surface area contributed by atoms with E-state index in [0.29, 0.717) is 6.61 Å². The summed E-state index contributed by atoms with van der Waals surface area (Å²) < 4.78 is 23.4. The third kappa shape index (κ3) is 2.96. The van der Waals surface area contributed by atoms with E-state index in [2.05, 4.69) is 11.1 Å². The van der Waals surface area contributed by atoms with Gasteiger partial charge >= 0.3 is 0 Å². The van der Waals surface area contributed by atoms with Crippen molar-refractivity contribution in [3.05, 3.63) is 77.6 Å². The summed E-state index contributed by atoms with van der Waals surface area (Å²) in [5.74, 6) is 3.05. The summed E-state index contributed by atoms with van der Waals surface area (Å²) in [6.45, 7) is 2.80. The van der Waals surface area contributed by atoms with E-state index in [-0.39, 0.29) is 19.1 Å². The molecule has 0 fully saturated rings. The molecular weight excluding hydrogens is 394 g/mol. The average molecular weight is 415 g/mol. The van der Waals surface area contributed by atoms with E-state index in [1.54, 1.807) is 6.20 Å². The number of fused-ring (bicyclic) bond motifs is 4. The molecule has 3 aromatic rings. The van der Waals surface area contributed by atoms with Crippen molar-refractivity contribution < 1.29 is 18.9 Å². The highest BCUT2D eigenvalue weighted by Crippen LogP contribution is 2.50. The zero-order chi connectivity index (χ0) is 20.8. The highest BCUT2D eigenvalue weighted by molar-refractivity contribution is 6.02. The van der Waals surface area contributed by atoms with Crippen LogP contribution in [0, 0.1) is 0 Å². The van der Waals surface area contributed by atoms with Crippen LogP contribution in [0.5, 0.6) is 23.0 Å². The molecule has 0 spiro atoms. The van der Waals surface area contributed by atoms with Crippen molar-refractivity contribution in [2.24, 2.45) is 5.10 Å². The largest absolute Gasteiger partial charge is 0.490 e. The number of para-hydroxylation sites is 1. The van der Waals surface area contributed by atoms with Crippen LogP contribution in [0.1, 0.15) is 42.3 Å². The zero-order valence-electron chi connectivity index (χ0n) is 17.0. The molecular formula is C24H21N3O4. The molecule has 0 aliphatic carbocycles. The van der Waals surface area contributed by atoms with E-state index in [0.717, 1.165) is 51.8 Å². The molecule has 0 N–H and O–H groups in total. The number of nitrogens with zero attached hydrogens (tertiary/aromatic N) is 3. The highest BCUT2D eigenvalue weighted by Gasteiger charge is 2.42. The number of benzene rings is 2. The topological polar surface area (TPSA) is 65.4 Å². The number of hydrazone groups is 1. The minimum atomic E-state index is -0.390. The van der Waals surface area contributed by atoms with Crippen LogP contribution in [0.4, 0.5) is 0 Å². The standard InChI is InChI=1S/C24H21N3O4/c1-2-28-21-7-3-6-17-19-12-18(15-8-9-20-22(11-15)30-14-29-20)26-27(19)24(31-23(17)21)16-5-4-10-25-13-16/h3-11,13,19,24H,2,12,14H2,1H3/t19-,24-/m1/s1. The molecule has 0 saturated carbocycles. The van der Waals surface area contributed by atoms with E-state index in [1.165, 1.54) is 0 Å². The van der Waals surface area contributed by atoms with Gasteiger partial charge in [0.25, 0.3) is 0 Å². The first kappa shape index (κ1) is 18.1. The van der Waals surface area contributed by atoms with Gasteiger partial charge < -0.3 is 18.9 Å². The van der Waals surface area contributed by atoms with E-state index >= 15 is 0 Å². The van der Waals surface area contributed by atoms with Crippen molar-refractivity contribution in [2.75, 3.05) is 13.4 Å². The molecule has 0 radical (unpaired) electrons. The fourth-order valence-electron chi connectivity index (χ4n) is 4.35. The van der Waals surface area contributed by atoms with Gasteiger partial charge in [-0.3, -0.25) is 4.98 Å². The van der Waals surface area contributed by atoms with Gasteiger partial charge in [0.1, 0.15) is 0 Å². The van der Waals surface area contributed by atoms with Gasteiger partial charge in [-0.05, 0) is 37.3 Å². The summed E-state index contributed by atoms with van der Waals surface area (Å²) in [6.07, 6.45) is 3.94. The maximum Gasteiger partial charge on any atom is 0.231 e. The monoisotopic (exact) mass is 415 g/mol. The second kappa shape index (κ2) is 7.19. The SMILES string of the molecule is CCOc1cccc2c1O[C@H](c1cccnc1)N1N=C(c3ccc4c(c3)OCO4)C[C@H]21. The molecule has 0 saturated heterocycles. The van der Waals surface area contributed by atoms with Gasteiger partial charge in [-0.25, -0.2) is 5.01 Å². The summed E-state index contributed by atoms with van der Waals surface area (Å²) in [7, 11) is 0. The summed E-state index contributed by atoms with van der Waals surface area (Å²) in [5.41, 5.74) is 4.02. The van der Waals surface area contributed by atoms with Crippen LogP contribution >= 0.6 is 0 Å². The van der Waals surface area contributed by atoms with Crippen molar-refractivity contribution in [3.8, 4) is 23.0 Å². The third-order valence-electron chi connectivity index (χ3n) is 5.76. The van der Waals surface area contributed by atoms with Crippen LogP contribution in [0.15, 0.2) is 66.0 Å². The summed E-state index contributed by atoms with van der Waals surface area (Å²) in [6, 6.07) is 16.0. The lowest BCUT2D eigenvalue weighted by molar-refractivity contribution is -0.0214. The van der Waals surface area contributed by atoms with Crippen molar-refractivity contribution in [2.45, 2.75) is 25.6 Å². The van der Waals surface area contributed by atoms with E-state index in [1.807, 2.05) is 60.6 Å². The summed E-state index contributed by atoms with van der Waals surface area (Å²) >= 11 is 0. The lowest BCUT2D eigenvalue weighted by Gasteiger charge is -2.38. The fourth-order valence-corrected chi connectivity index (χ4v) is 4.35. The number of pyridine rings is 1. The Bertz CT molecular complexity index is 1160. The lowest BCUT2D eigenvalue weighted by Crippen LogP contribution is -2.34. The minimum absolute atomic E-state index is 0.0368. The molecule has 0 amide bonds. The number of hydrogen-bond donors (Lipinski definition) is 0. The zero-order valence-corrected chi connectivity index (χ0v) is 17.0. The molecule has 6 rings (SSSR count). The lowest BCUT2D eigenvalue weighted by atomic mass is 9.95. The molecule has 2 aromatic carbocycles. The van der Waals surface area contributed by atoms with Crippen molar-refractivity contribution >= 4 is 5.71 Å². The maximum atomic E-state index is 6.48. The van der Waals surface area contributed by atoms with E-state index in [9.17, 15) is 0 Å². The Labute approximate surface area is 179 Å². The first-order chi connectivity index (χ1) is 15.3. The maximum absolute atomic E-state index is 6.48. The van der Waals surface area contributed by atoms with Crippen molar-refractivity contribution in [1.82, 2.24) is 9.99 Å². The molecule has 1 aromatic heterocycles. The van der Waals surface area contributed by atoms with Gasteiger partial charge in [0.05, 0.1) is 18.4 Å². The second-order valence-electron chi connectivity index (χ2n) is 7.58. The molecule has 0 unspecified atom stereocenters. The van der Waals surface area contributed by atoms with Gasteiger partial charge in [-0.1, -0.05) is 18.2 Å². The first-order valence-electron chi connectivity index (χ1n) is 10.4. The highest BCUT2D eigenvalue weighted by atomic mass is 16.7. The summed E-state index contributed by atoms with van der Waals surface area (Å²) in [4.78, 5) is 4.29. The van der Waals surface area contributed by atoms with Gasteiger partial charge in [-0.2, -0.15) is 5.10 Å². The molecule has 31 heavy (non-hydrogen) atoms. The van der Waals surface area contributed by atoms with Gasteiger partial charge in [0.2, 0.25) is 13.0 Å². The van der Waals surface area contributed by atoms with Gasteiger partial charge in [0, 0.05) is 35.5 Å². The first-order valence-corrected chi connectivity index (χ1v) is 10.4. The number of rotatable bonds is 4. The number of aromatic nitrogens is 1. The third-order valence-corrected chi connectivity index (χ3v) is 5.76. The van der Waals surface area contributed by atoms with Crippen LogP contribution in [0.3, 0.4) is 0 Å². The molecule has 0 bridgehead atoms. The Morgan fingerprint density at radius 1 is 1.10 bits per heavy atom. The van der Waals surface area contributed by atoms with Crippen molar-refractivity contribution in [1.29, 1.82) is 0 Å². The van der Waals surface area contributed by atoms with Gasteiger partial charge in [0.15, 0.2) is 23.0 Å². The second-order valence-corrected chi connectivity index (χ2v) is 7.58. The molecule has 3 aliphatic rings. The predicted molar refractivity (Wildman–Crippen MR) is 114 cm³/mol. The quantitative estimate of drug-likeness (QED) is 0.627. The Morgan fingerprint density at radius 3 is 2.90 bits per heavy atom. The molecule has 7 nitrogen and oxygen atoms in total. The Balaban J connectivity index is 1.44. The van der Waals surface area contributed by atoms with Gasteiger partial charge in [-0.15, -0.1) is 0 Å².